The van der Waals surface area contributed by atoms with E-state index >= 15 is 0 Å². The number of ether oxygens (including phenoxy) is 1. The molecule has 0 aromatic rings. The zero-order chi connectivity index (χ0) is 11.3. The van der Waals surface area contributed by atoms with Crippen molar-refractivity contribution in [3.63, 3.8) is 0 Å². The van der Waals surface area contributed by atoms with Crippen LogP contribution in [-0.2, 0) is 9.53 Å². The molecule has 0 aromatic carbocycles. The summed E-state index contributed by atoms with van der Waals surface area (Å²) in [7, 11) is 3.70. The fraction of sp³-hybridized carbons (Fsp3) is 0.900. The minimum Gasteiger partial charge on any atom is -0.375 e. The Labute approximate surface area is 91.2 Å². The molecule has 2 N–H and O–H groups in total. The third-order valence-electron chi connectivity index (χ3n) is 2.66. The van der Waals surface area contributed by atoms with E-state index in [1.165, 1.54) is 0 Å². The molecule has 0 radical (unpaired) electrons. The fourth-order valence-corrected chi connectivity index (χ4v) is 1.64. The molecule has 1 amide bonds. The maximum atomic E-state index is 12.0. The first kappa shape index (κ1) is 12.4. The molecule has 88 valence electrons. The minimum atomic E-state index is -0.194. The second-order valence-corrected chi connectivity index (χ2v) is 3.87. The molecule has 15 heavy (non-hydrogen) atoms. The van der Waals surface area contributed by atoms with Gasteiger partial charge in [-0.1, -0.05) is 0 Å². The van der Waals surface area contributed by atoms with Gasteiger partial charge in [-0.25, -0.2) is 0 Å². The summed E-state index contributed by atoms with van der Waals surface area (Å²) in [6.07, 6.45) is -0.0386. The average molecular weight is 215 g/mol. The molecule has 2 atom stereocenters. The Morgan fingerprint density at radius 1 is 1.67 bits per heavy atom. The van der Waals surface area contributed by atoms with Crippen molar-refractivity contribution < 1.29 is 9.53 Å². The van der Waals surface area contributed by atoms with E-state index in [0.717, 1.165) is 19.6 Å². The zero-order valence-corrected chi connectivity index (χ0v) is 9.75. The molecule has 1 rings (SSSR count). The Morgan fingerprint density at radius 2 is 2.40 bits per heavy atom. The molecule has 0 aliphatic carbocycles. The number of carbonyl (C=O) groups is 1. The molecule has 0 spiro atoms. The Kier molecular flexibility index (Phi) is 5.01. The van der Waals surface area contributed by atoms with Gasteiger partial charge in [0.15, 0.2) is 0 Å². The van der Waals surface area contributed by atoms with Crippen LogP contribution in [0.2, 0.25) is 0 Å². The van der Waals surface area contributed by atoms with Crippen molar-refractivity contribution in [1.29, 1.82) is 0 Å². The van der Waals surface area contributed by atoms with Gasteiger partial charge >= 0.3 is 0 Å². The van der Waals surface area contributed by atoms with E-state index in [1.807, 2.05) is 21.0 Å². The SMILES string of the molecule is CNCCN(C)C(=O)[C@H]1NCCO[C@@H]1C. The van der Waals surface area contributed by atoms with Gasteiger partial charge in [0.1, 0.15) is 6.04 Å². The van der Waals surface area contributed by atoms with Gasteiger partial charge < -0.3 is 20.3 Å². The van der Waals surface area contributed by atoms with Gasteiger partial charge in [-0.3, -0.25) is 4.79 Å². The predicted octanol–water partition coefficient (Wildman–Crippen LogP) is -0.959. The molecule has 0 bridgehead atoms. The standard InChI is InChI=1S/C10H21N3O2/c1-8-9(12-5-7-15-8)10(14)13(3)6-4-11-2/h8-9,11-12H,4-7H2,1-3H3/t8-,9+/m1/s1. The summed E-state index contributed by atoms with van der Waals surface area (Å²) in [5.74, 6) is 0.109. The minimum absolute atomic E-state index is 0.0386. The number of amides is 1. The van der Waals surface area contributed by atoms with Crippen molar-refractivity contribution in [3.8, 4) is 0 Å². The number of hydrogen-bond donors (Lipinski definition) is 2. The first-order valence-corrected chi connectivity index (χ1v) is 5.41. The molecule has 1 heterocycles. The normalized spacial score (nSPS) is 26.3. The quantitative estimate of drug-likeness (QED) is 0.634. The van der Waals surface area contributed by atoms with Gasteiger partial charge in [0.05, 0.1) is 12.7 Å². The number of carbonyl (C=O) groups excluding carboxylic acids is 1. The van der Waals surface area contributed by atoms with E-state index in [4.69, 9.17) is 4.74 Å². The molecule has 5 nitrogen and oxygen atoms in total. The zero-order valence-electron chi connectivity index (χ0n) is 9.75. The van der Waals surface area contributed by atoms with Crippen molar-refractivity contribution in [3.05, 3.63) is 0 Å². The largest absolute Gasteiger partial charge is 0.375 e. The monoisotopic (exact) mass is 215 g/mol. The van der Waals surface area contributed by atoms with Crippen LogP contribution in [0.1, 0.15) is 6.92 Å². The highest BCUT2D eigenvalue weighted by atomic mass is 16.5. The number of nitrogens with zero attached hydrogens (tertiary/aromatic N) is 1. The van der Waals surface area contributed by atoms with E-state index in [-0.39, 0.29) is 18.1 Å². The van der Waals surface area contributed by atoms with E-state index < -0.39 is 0 Å². The highest BCUT2D eigenvalue weighted by Gasteiger charge is 2.30. The smallest absolute Gasteiger partial charge is 0.242 e. The molecule has 1 aliphatic rings. The number of rotatable bonds is 4. The Morgan fingerprint density at radius 3 is 3.00 bits per heavy atom. The fourth-order valence-electron chi connectivity index (χ4n) is 1.64. The summed E-state index contributed by atoms with van der Waals surface area (Å²) in [4.78, 5) is 13.7. The maximum Gasteiger partial charge on any atom is 0.242 e. The highest BCUT2D eigenvalue weighted by molar-refractivity contribution is 5.82. The molecule has 0 aromatic heterocycles. The van der Waals surface area contributed by atoms with Crippen LogP contribution in [0.3, 0.4) is 0 Å². The lowest BCUT2D eigenvalue weighted by molar-refractivity contribution is -0.138. The Bertz CT molecular complexity index is 211. The van der Waals surface area contributed by atoms with Crippen LogP contribution in [0.4, 0.5) is 0 Å². The van der Waals surface area contributed by atoms with E-state index in [9.17, 15) is 4.79 Å². The summed E-state index contributed by atoms with van der Waals surface area (Å²) < 4.78 is 5.44. The van der Waals surface area contributed by atoms with E-state index in [2.05, 4.69) is 10.6 Å². The lowest BCUT2D eigenvalue weighted by atomic mass is 10.1. The number of likely N-dealkylation sites (N-methyl/N-ethyl adjacent to an activating group) is 2. The van der Waals surface area contributed by atoms with Crippen LogP contribution in [0.15, 0.2) is 0 Å². The van der Waals surface area contributed by atoms with Gasteiger partial charge in [0, 0.05) is 26.7 Å². The molecular weight excluding hydrogens is 194 g/mol. The molecular formula is C10H21N3O2. The number of hydrogen-bond acceptors (Lipinski definition) is 4. The number of nitrogens with one attached hydrogen (secondary N) is 2. The van der Waals surface area contributed by atoms with Gasteiger partial charge in [-0.15, -0.1) is 0 Å². The van der Waals surface area contributed by atoms with Crippen LogP contribution in [0.25, 0.3) is 0 Å². The van der Waals surface area contributed by atoms with Crippen LogP contribution >= 0.6 is 0 Å². The molecule has 5 heteroatoms. The van der Waals surface area contributed by atoms with Gasteiger partial charge in [0.2, 0.25) is 5.91 Å². The van der Waals surface area contributed by atoms with Crippen molar-refractivity contribution in [2.45, 2.75) is 19.1 Å². The first-order chi connectivity index (χ1) is 7.16. The topological polar surface area (TPSA) is 53.6 Å². The highest BCUT2D eigenvalue weighted by Crippen LogP contribution is 2.06. The lowest BCUT2D eigenvalue weighted by Gasteiger charge is -2.32. The average Bonchev–Trinajstić information content (AvgIpc) is 2.25. The Hall–Kier alpha value is -0.650. The molecule has 1 saturated heterocycles. The lowest BCUT2D eigenvalue weighted by Crippen LogP contribution is -2.56. The van der Waals surface area contributed by atoms with Crippen LogP contribution in [0, 0.1) is 0 Å². The summed E-state index contributed by atoms with van der Waals surface area (Å²) in [6, 6.07) is -0.194. The molecule has 1 aliphatic heterocycles. The van der Waals surface area contributed by atoms with Crippen molar-refractivity contribution in [2.24, 2.45) is 0 Å². The van der Waals surface area contributed by atoms with E-state index in [1.54, 1.807) is 4.90 Å². The number of morpholine rings is 1. The summed E-state index contributed by atoms with van der Waals surface area (Å²) in [5.41, 5.74) is 0. The van der Waals surface area contributed by atoms with Gasteiger partial charge in [-0.2, -0.15) is 0 Å². The third-order valence-corrected chi connectivity index (χ3v) is 2.66. The van der Waals surface area contributed by atoms with Crippen molar-refractivity contribution in [1.82, 2.24) is 15.5 Å². The van der Waals surface area contributed by atoms with Crippen LogP contribution < -0.4 is 10.6 Å². The van der Waals surface area contributed by atoms with E-state index in [0.29, 0.717) is 6.61 Å². The summed E-state index contributed by atoms with van der Waals surface area (Å²) in [6.45, 7) is 4.90. The second kappa shape index (κ2) is 6.05. The molecule has 1 fully saturated rings. The predicted molar refractivity (Wildman–Crippen MR) is 58.8 cm³/mol. The second-order valence-electron chi connectivity index (χ2n) is 3.87. The van der Waals surface area contributed by atoms with Gasteiger partial charge in [-0.05, 0) is 14.0 Å². The van der Waals surface area contributed by atoms with Gasteiger partial charge in [0.25, 0.3) is 0 Å². The van der Waals surface area contributed by atoms with Crippen molar-refractivity contribution >= 4 is 5.91 Å². The molecule has 0 unspecified atom stereocenters. The third kappa shape index (κ3) is 3.44. The first-order valence-electron chi connectivity index (χ1n) is 5.41. The maximum absolute atomic E-state index is 12.0. The summed E-state index contributed by atoms with van der Waals surface area (Å²) >= 11 is 0. The van der Waals surface area contributed by atoms with Crippen molar-refractivity contribution in [2.75, 3.05) is 40.3 Å². The Balaban J connectivity index is 2.43. The van der Waals surface area contributed by atoms with Crippen LogP contribution in [0.5, 0.6) is 0 Å². The summed E-state index contributed by atoms with van der Waals surface area (Å²) in [5, 5.41) is 6.21. The van der Waals surface area contributed by atoms with Crippen LogP contribution in [-0.4, -0.2) is 63.3 Å². The molecule has 0 saturated carbocycles.